The second-order valence-corrected chi connectivity index (χ2v) is 9.90. The molecule has 0 saturated heterocycles. The molecule has 160 valence electrons. The van der Waals surface area contributed by atoms with Gasteiger partial charge >= 0.3 is 0 Å². The molecule has 3 aromatic rings. The van der Waals surface area contributed by atoms with Crippen LogP contribution in [0.2, 0.25) is 0 Å². The van der Waals surface area contributed by atoms with Crippen LogP contribution in [0.15, 0.2) is 42.5 Å². The van der Waals surface area contributed by atoms with Gasteiger partial charge in [0.1, 0.15) is 0 Å². The van der Waals surface area contributed by atoms with Crippen LogP contribution in [0.25, 0.3) is 21.5 Å². The van der Waals surface area contributed by atoms with E-state index in [0.29, 0.717) is 11.3 Å². The van der Waals surface area contributed by atoms with Crippen molar-refractivity contribution in [3.63, 3.8) is 0 Å². The number of thiophene rings is 1. The van der Waals surface area contributed by atoms with Crippen molar-refractivity contribution in [3.8, 4) is 5.75 Å². The Bertz CT molecular complexity index is 1040. The van der Waals surface area contributed by atoms with Crippen LogP contribution in [0.3, 0.4) is 0 Å². The number of hydrogen-bond acceptors (Lipinski definition) is 4. The first-order chi connectivity index (χ1) is 14.3. The van der Waals surface area contributed by atoms with Crippen molar-refractivity contribution in [3.05, 3.63) is 64.5 Å². The highest BCUT2D eigenvalue weighted by Gasteiger charge is 2.28. The van der Waals surface area contributed by atoms with Gasteiger partial charge in [-0.2, -0.15) is 0 Å². The molecule has 0 N–H and O–H groups in total. The molecule has 0 saturated carbocycles. The lowest BCUT2D eigenvalue weighted by molar-refractivity contribution is 0.184. The molecule has 3 rings (SSSR count). The van der Waals surface area contributed by atoms with Gasteiger partial charge in [-0.3, -0.25) is 0 Å². The SMILES string of the molecule is CC(C)OP(OC(C)C)/C(=C/c1ccc(F)c(F)c1)c1sc2ccccc2c1OBr. The van der Waals surface area contributed by atoms with Crippen molar-refractivity contribution in [2.75, 3.05) is 0 Å². The summed E-state index contributed by atoms with van der Waals surface area (Å²) in [4.78, 5) is 0.810. The van der Waals surface area contributed by atoms with Gasteiger partial charge in [-0.1, -0.05) is 18.2 Å². The van der Waals surface area contributed by atoms with Gasteiger partial charge in [-0.25, -0.2) is 8.78 Å². The van der Waals surface area contributed by atoms with E-state index in [1.165, 1.54) is 17.4 Å². The number of halogens is 3. The fourth-order valence-corrected chi connectivity index (χ4v) is 6.16. The summed E-state index contributed by atoms with van der Waals surface area (Å²) in [6, 6.07) is 11.7. The van der Waals surface area contributed by atoms with Gasteiger partial charge < -0.3 is 12.9 Å². The quantitative estimate of drug-likeness (QED) is 0.282. The summed E-state index contributed by atoms with van der Waals surface area (Å²) in [5.74, 6) is -1.16. The maximum Gasteiger partial charge on any atom is 0.207 e. The van der Waals surface area contributed by atoms with E-state index in [4.69, 9.17) is 12.9 Å². The summed E-state index contributed by atoms with van der Waals surface area (Å²) < 4.78 is 46.2. The Kier molecular flexibility index (Phi) is 7.99. The average Bonchev–Trinajstić information content (AvgIpc) is 3.05. The number of hydrogen-bond donors (Lipinski definition) is 0. The van der Waals surface area contributed by atoms with E-state index >= 15 is 0 Å². The zero-order valence-electron chi connectivity index (χ0n) is 17.0. The Morgan fingerprint density at radius 2 is 1.67 bits per heavy atom. The highest BCUT2D eigenvalue weighted by Crippen LogP contribution is 2.59. The molecule has 0 amide bonds. The zero-order chi connectivity index (χ0) is 21.8. The normalized spacial score (nSPS) is 12.5. The average molecular weight is 515 g/mol. The molecule has 0 aliphatic rings. The van der Waals surface area contributed by atoms with Gasteiger partial charge in [0.2, 0.25) is 8.38 Å². The Morgan fingerprint density at radius 3 is 2.27 bits per heavy atom. The zero-order valence-corrected chi connectivity index (χ0v) is 20.3. The highest BCUT2D eigenvalue weighted by molar-refractivity contribution is 9.06. The maximum absolute atomic E-state index is 13.9. The second-order valence-electron chi connectivity index (χ2n) is 7.10. The minimum Gasteiger partial charge on any atom is -0.416 e. The molecular weight excluding hydrogens is 493 g/mol. The van der Waals surface area contributed by atoms with Gasteiger partial charge in [0.25, 0.3) is 0 Å². The van der Waals surface area contributed by atoms with Crippen LogP contribution in [-0.2, 0) is 9.05 Å². The molecular formula is C22H22BrF2O3PS. The second kappa shape index (κ2) is 10.3. The molecule has 0 atom stereocenters. The van der Waals surface area contributed by atoms with Gasteiger partial charge in [-0.05, 0) is 63.6 Å². The fourth-order valence-electron chi connectivity index (χ4n) is 2.75. The predicted octanol–water partition coefficient (Wildman–Crippen LogP) is 8.53. The lowest BCUT2D eigenvalue weighted by Gasteiger charge is -2.24. The first kappa shape index (κ1) is 23.3. The Morgan fingerprint density at radius 1 is 1.00 bits per heavy atom. The monoisotopic (exact) mass is 514 g/mol. The van der Waals surface area contributed by atoms with E-state index in [9.17, 15) is 8.78 Å². The fraction of sp³-hybridized carbons (Fsp3) is 0.273. The lowest BCUT2D eigenvalue weighted by atomic mass is 10.2. The molecule has 0 unspecified atom stereocenters. The van der Waals surface area contributed by atoms with E-state index in [1.54, 1.807) is 6.08 Å². The van der Waals surface area contributed by atoms with E-state index in [0.717, 1.165) is 32.4 Å². The third-order valence-corrected chi connectivity index (χ3v) is 7.55. The van der Waals surface area contributed by atoms with E-state index in [2.05, 4.69) is 16.3 Å². The van der Waals surface area contributed by atoms with Crippen molar-refractivity contribution in [1.82, 2.24) is 0 Å². The highest BCUT2D eigenvalue weighted by atomic mass is 79.9. The van der Waals surface area contributed by atoms with Crippen LogP contribution in [-0.4, -0.2) is 12.2 Å². The molecule has 0 radical (unpaired) electrons. The molecule has 0 fully saturated rings. The molecule has 1 aromatic heterocycles. The van der Waals surface area contributed by atoms with Gasteiger partial charge in [0.15, 0.2) is 33.6 Å². The van der Waals surface area contributed by atoms with Crippen molar-refractivity contribution < 1.29 is 21.7 Å². The van der Waals surface area contributed by atoms with Crippen molar-refractivity contribution in [1.29, 1.82) is 0 Å². The molecule has 0 aliphatic carbocycles. The van der Waals surface area contributed by atoms with Crippen molar-refractivity contribution in [2.24, 2.45) is 0 Å². The molecule has 2 aromatic carbocycles. The van der Waals surface area contributed by atoms with E-state index in [-0.39, 0.29) is 12.2 Å². The smallest absolute Gasteiger partial charge is 0.207 e. The Labute approximate surface area is 189 Å². The summed E-state index contributed by atoms with van der Waals surface area (Å²) in [6.45, 7) is 7.73. The first-order valence-electron chi connectivity index (χ1n) is 9.41. The predicted molar refractivity (Wildman–Crippen MR) is 125 cm³/mol. The number of fused-ring (bicyclic) bond motifs is 1. The summed E-state index contributed by atoms with van der Waals surface area (Å²) in [7, 11) is -1.52. The molecule has 0 aliphatic heterocycles. The Balaban J connectivity index is 2.23. The van der Waals surface area contributed by atoms with Crippen LogP contribution in [0, 0.1) is 11.6 Å². The third kappa shape index (κ3) is 5.45. The van der Waals surface area contributed by atoms with E-state index < -0.39 is 20.0 Å². The molecule has 3 nitrogen and oxygen atoms in total. The number of benzene rings is 2. The molecule has 8 heteroatoms. The van der Waals surface area contributed by atoms with Crippen LogP contribution >= 0.6 is 36.0 Å². The Hall–Kier alpha value is -1.37. The van der Waals surface area contributed by atoms with E-state index in [1.807, 2.05) is 52.0 Å². The van der Waals surface area contributed by atoms with Gasteiger partial charge in [-0.15, -0.1) is 11.3 Å². The molecule has 30 heavy (non-hydrogen) atoms. The number of rotatable bonds is 8. The standard InChI is InChI=1S/C22H22BrF2O3PS/c1-13(2)27-29(28-14(3)4)19(12-15-9-10-17(24)18(25)11-15)22-21(26-23)16-7-5-6-8-20(16)30-22/h5-14H,1-4H3/b19-12+. The molecule has 1 heterocycles. The van der Waals surface area contributed by atoms with Gasteiger partial charge in [0.05, 0.1) is 22.4 Å². The summed E-state index contributed by atoms with van der Waals surface area (Å²) in [6.07, 6.45) is 1.59. The summed E-state index contributed by atoms with van der Waals surface area (Å²) in [5.41, 5.74) is 0.508. The van der Waals surface area contributed by atoms with Crippen LogP contribution in [0.5, 0.6) is 5.75 Å². The minimum absolute atomic E-state index is 0.0917. The van der Waals surface area contributed by atoms with Crippen molar-refractivity contribution in [2.45, 2.75) is 39.9 Å². The van der Waals surface area contributed by atoms with Crippen LogP contribution < -0.4 is 3.83 Å². The first-order valence-corrected chi connectivity index (χ1v) is 12.0. The summed E-state index contributed by atoms with van der Waals surface area (Å²) in [5, 5.41) is 1.67. The minimum atomic E-state index is -1.52. The van der Waals surface area contributed by atoms with Crippen LogP contribution in [0.1, 0.15) is 38.1 Å². The molecule has 0 spiro atoms. The van der Waals surface area contributed by atoms with Crippen LogP contribution in [0.4, 0.5) is 8.78 Å². The van der Waals surface area contributed by atoms with Crippen molar-refractivity contribution >= 4 is 57.4 Å². The lowest BCUT2D eigenvalue weighted by Crippen LogP contribution is -2.05. The molecule has 0 bridgehead atoms. The topological polar surface area (TPSA) is 27.7 Å². The maximum atomic E-state index is 13.9. The summed E-state index contributed by atoms with van der Waals surface area (Å²) >= 11 is 4.66. The third-order valence-electron chi connectivity index (χ3n) is 3.92. The van der Waals surface area contributed by atoms with Gasteiger partial charge in [0, 0.05) is 10.1 Å². The largest absolute Gasteiger partial charge is 0.416 e.